The number of benzene rings is 1. The second-order valence-electron chi connectivity index (χ2n) is 7.32. The van der Waals surface area contributed by atoms with Crippen molar-refractivity contribution in [2.75, 3.05) is 37.6 Å². The van der Waals surface area contributed by atoms with E-state index in [4.69, 9.17) is 0 Å². The number of amides is 1. The Morgan fingerprint density at radius 1 is 1.20 bits per heavy atom. The smallest absolute Gasteiger partial charge is 0.240 e. The molecule has 3 rings (SSSR count). The van der Waals surface area contributed by atoms with Gasteiger partial charge in [0.15, 0.2) is 0 Å². The van der Waals surface area contributed by atoms with Gasteiger partial charge in [0.25, 0.3) is 0 Å². The van der Waals surface area contributed by atoms with Crippen molar-refractivity contribution in [3.05, 3.63) is 30.3 Å². The van der Waals surface area contributed by atoms with Crippen LogP contribution in [-0.4, -0.2) is 49.6 Å². The quantitative estimate of drug-likeness (QED) is 0.894. The molecule has 1 aliphatic heterocycles. The molecule has 1 heterocycles. The summed E-state index contributed by atoms with van der Waals surface area (Å²) < 4.78 is 0. The van der Waals surface area contributed by atoms with E-state index in [0.717, 1.165) is 39.0 Å². The highest BCUT2D eigenvalue weighted by Gasteiger charge is 2.41. The lowest BCUT2D eigenvalue weighted by Gasteiger charge is -2.39. The summed E-state index contributed by atoms with van der Waals surface area (Å²) in [5.74, 6) is -0.0673. The Balaban J connectivity index is 1.46. The number of nitriles is 1. The summed E-state index contributed by atoms with van der Waals surface area (Å²) in [5.41, 5.74) is 0.506. The number of carbonyl (C=O) groups excluding carboxylic acids is 1. The largest absolute Gasteiger partial charge is 0.369 e. The Bertz CT molecular complexity index is 610. The van der Waals surface area contributed by atoms with Crippen molar-refractivity contribution in [2.24, 2.45) is 5.41 Å². The second kappa shape index (κ2) is 7.88. The Kier molecular flexibility index (Phi) is 5.60. The molecule has 1 aromatic rings. The van der Waals surface area contributed by atoms with Crippen LogP contribution in [0, 0.1) is 16.7 Å². The highest BCUT2D eigenvalue weighted by Crippen LogP contribution is 2.37. The Morgan fingerprint density at radius 3 is 2.44 bits per heavy atom. The van der Waals surface area contributed by atoms with Crippen LogP contribution >= 0.6 is 0 Å². The molecular weight excluding hydrogens is 312 g/mol. The minimum absolute atomic E-state index is 0.0673. The number of carbonyl (C=O) groups is 1. The van der Waals surface area contributed by atoms with Crippen LogP contribution in [0.2, 0.25) is 0 Å². The second-order valence-corrected chi connectivity index (χ2v) is 7.32. The predicted molar refractivity (Wildman–Crippen MR) is 99.2 cm³/mol. The lowest BCUT2D eigenvalue weighted by molar-refractivity contribution is -0.128. The van der Waals surface area contributed by atoms with Crippen LogP contribution in [0.1, 0.15) is 32.6 Å². The zero-order valence-electron chi connectivity index (χ0n) is 15.1. The SMILES string of the molecule is CC(CNC(=O)C1(C#N)CCCC1)N1CCN(c2ccccc2)CC1. The molecule has 1 saturated heterocycles. The number of anilines is 1. The number of piperazine rings is 1. The Labute approximate surface area is 150 Å². The number of hydrogen-bond donors (Lipinski definition) is 1. The summed E-state index contributed by atoms with van der Waals surface area (Å²) in [7, 11) is 0. The summed E-state index contributed by atoms with van der Waals surface area (Å²) in [6.45, 7) is 6.78. The van der Waals surface area contributed by atoms with Gasteiger partial charge in [-0.05, 0) is 31.9 Å². The minimum atomic E-state index is -0.772. The number of rotatable bonds is 5. The molecule has 0 radical (unpaired) electrons. The van der Waals surface area contributed by atoms with Gasteiger partial charge in [-0.3, -0.25) is 9.69 Å². The molecule has 1 atom stereocenters. The van der Waals surface area contributed by atoms with E-state index in [9.17, 15) is 10.1 Å². The van der Waals surface area contributed by atoms with Crippen LogP contribution in [0.3, 0.4) is 0 Å². The summed E-state index contributed by atoms with van der Waals surface area (Å²) in [6, 6.07) is 13.1. The van der Waals surface area contributed by atoms with Crippen LogP contribution in [0.5, 0.6) is 0 Å². The van der Waals surface area contributed by atoms with Crippen molar-refractivity contribution < 1.29 is 4.79 Å². The van der Waals surface area contributed by atoms with E-state index < -0.39 is 5.41 Å². The summed E-state index contributed by atoms with van der Waals surface area (Å²) in [6.07, 6.45) is 3.38. The van der Waals surface area contributed by atoms with E-state index >= 15 is 0 Å². The van der Waals surface area contributed by atoms with Crippen molar-refractivity contribution >= 4 is 11.6 Å². The molecule has 1 unspecified atom stereocenters. The first-order valence-corrected chi connectivity index (χ1v) is 9.38. The summed E-state index contributed by atoms with van der Waals surface area (Å²) >= 11 is 0. The normalized spacial score (nSPS) is 21.5. The van der Waals surface area contributed by atoms with Crippen molar-refractivity contribution in [1.82, 2.24) is 10.2 Å². The average molecular weight is 340 g/mol. The van der Waals surface area contributed by atoms with Crippen molar-refractivity contribution in [1.29, 1.82) is 5.26 Å². The van der Waals surface area contributed by atoms with Crippen molar-refractivity contribution in [2.45, 2.75) is 38.6 Å². The van der Waals surface area contributed by atoms with Gasteiger partial charge in [0.2, 0.25) is 5.91 Å². The lowest BCUT2D eigenvalue weighted by atomic mass is 9.87. The van der Waals surface area contributed by atoms with E-state index in [2.05, 4.69) is 52.4 Å². The molecule has 134 valence electrons. The molecule has 2 fully saturated rings. The van der Waals surface area contributed by atoms with Gasteiger partial charge in [0, 0.05) is 44.5 Å². The third kappa shape index (κ3) is 3.96. The van der Waals surface area contributed by atoms with Crippen molar-refractivity contribution in [3.8, 4) is 6.07 Å². The highest BCUT2D eigenvalue weighted by molar-refractivity contribution is 5.85. The molecule has 0 bridgehead atoms. The van der Waals surface area contributed by atoms with Gasteiger partial charge in [-0.1, -0.05) is 31.0 Å². The van der Waals surface area contributed by atoms with Gasteiger partial charge in [0.05, 0.1) is 6.07 Å². The molecule has 25 heavy (non-hydrogen) atoms. The van der Waals surface area contributed by atoms with Gasteiger partial charge in [-0.25, -0.2) is 0 Å². The number of para-hydroxylation sites is 1. The first-order valence-electron chi connectivity index (χ1n) is 9.38. The van der Waals surface area contributed by atoms with Crippen LogP contribution in [0.15, 0.2) is 30.3 Å². The fourth-order valence-corrected chi connectivity index (χ4v) is 3.97. The Morgan fingerprint density at radius 2 is 1.84 bits per heavy atom. The van der Waals surface area contributed by atoms with Crippen LogP contribution in [-0.2, 0) is 4.79 Å². The third-order valence-corrected chi connectivity index (χ3v) is 5.72. The molecule has 1 aliphatic carbocycles. The van der Waals surface area contributed by atoms with E-state index in [1.165, 1.54) is 5.69 Å². The molecule has 1 aromatic carbocycles. The molecule has 0 spiro atoms. The molecule has 1 amide bonds. The minimum Gasteiger partial charge on any atom is -0.369 e. The zero-order chi connectivity index (χ0) is 17.7. The molecule has 2 aliphatic rings. The van der Waals surface area contributed by atoms with Crippen LogP contribution < -0.4 is 10.2 Å². The molecular formula is C20H28N4O. The van der Waals surface area contributed by atoms with Gasteiger partial charge >= 0.3 is 0 Å². The number of hydrogen-bond acceptors (Lipinski definition) is 4. The van der Waals surface area contributed by atoms with Gasteiger partial charge in [-0.2, -0.15) is 5.26 Å². The van der Waals surface area contributed by atoms with Crippen LogP contribution in [0.25, 0.3) is 0 Å². The average Bonchev–Trinajstić information content (AvgIpc) is 3.17. The molecule has 0 aromatic heterocycles. The third-order valence-electron chi connectivity index (χ3n) is 5.72. The molecule has 5 heteroatoms. The number of nitrogens with zero attached hydrogens (tertiary/aromatic N) is 3. The maximum Gasteiger partial charge on any atom is 0.240 e. The topological polar surface area (TPSA) is 59.4 Å². The van der Waals surface area contributed by atoms with Crippen LogP contribution in [0.4, 0.5) is 5.69 Å². The summed E-state index contributed by atoms with van der Waals surface area (Å²) in [5, 5.41) is 12.5. The maximum absolute atomic E-state index is 12.5. The van der Waals surface area contributed by atoms with Gasteiger partial charge in [-0.15, -0.1) is 0 Å². The van der Waals surface area contributed by atoms with E-state index in [1.54, 1.807) is 0 Å². The molecule has 1 N–H and O–H groups in total. The van der Waals surface area contributed by atoms with E-state index in [1.807, 2.05) is 6.07 Å². The monoisotopic (exact) mass is 340 g/mol. The maximum atomic E-state index is 12.5. The first kappa shape index (κ1) is 17.8. The van der Waals surface area contributed by atoms with E-state index in [0.29, 0.717) is 25.4 Å². The fraction of sp³-hybridized carbons (Fsp3) is 0.600. The van der Waals surface area contributed by atoms with E-state index in [-0.39, 0.29) is 5.91 Å². The molecule has 1 saturated carbocycles. The summed E-state index contributed by atoms with van der Waals surface area (Å²) in [4.78, 5) is 17.3. The van der Waals surface area contributed by atoms with Gasteiger partial charge < -0.3 is 10.2 Å². The van der Waals surface area contributed by atoms with Gasteiger partial charge in [0.1, 0.15) is 5.41 Å². The molecule has 5 nitrogen and oxygen atoms in total. The predicted octanol–water partition coefficient (Wildman–Crippen LogP) is 2.40. The Hall–Kier alpha value is -2.06. The fourth-order valence-electron chi connectivity index (χ4n) is 3.97. The first-order chi connectivity index (χ1) is 12.1. The zero-order valence-corrected chi connectivity index (χ0v) is 15.1. The lowest BCUT2D eigenvalue weighted by Crippen LogP contribution is -2.53. The van der Waals surface area contributed by atoms with Crippen molar-refractivity contribution in [3.63, 3.8) is 0 Å². The standard InChI is InChI=1S/C20H28N4O/c1-17(15-22-19(25)20(16-21)9-5-6-10-20)23-11-13-24(14-12-23)18-7-3-2-4-8-18/h2-4,7-8,17H,5-6,9-15H2,1H3,(H,22,25). The highest BCUT2D eigenvalue weighted by atomic mass is 16.2. The number of nitrogens with one attached hydrogen (secondary N) is 1.